The van der Waals surface area contributed by atoms with Crippen LogP contribution in [0.3, 0.4) is 0 Å². The van der Waals surface area contributed by atoms with Crippen LogP contribution < -0.4 is 10.3 Å². The van der Waals surface area contributed by atoms with Crippen molar-refractivity contribution in [1.29, 1.82) is 0 Å². The summed E-state index contributed by atoms with van der Waals surface area (Å²) in [5.74, 6) is -0.520. The van der Waals surface area contributed by atoms with E-state index in [1.165, 1.54) is 23.3 Å². The molecule has 2 aromatic heterocycles. The summed E-state index contributed by atoms with van der Waals surface area (Å²) in [4.78, 5) is 40.7. The predicted molar refractivity (Wildman–Crippen MR) is 127 cm³/mol. The Hall–Kier alpha value is -3.53. The highest BCUT2D eigenvalue weighted by Crippen LogP contribution is 2.25. The molecule has 0 fully saturated rings. The van der Waals surface area contributed by atoms with Crippen molar-refractivity contribution < 1.29 is 19.1 Å². The van der Waals surface area contributed by atoms with Crippen molar-refractivity contribution in [2.24, 2.45) is 0 Å². The third kappa shape index (κ3) is 5.01. The monoisotopic (exact) mass is 482 g/mol. The number of carbonyl (C=O) groups excluding carboxylic acids is 2. The van der Waals surface area contributed by atoms with Crippen LogP contribution in [0.5, 0.6) is 5.75 Å². The molecule has 10 heteroatoms. The van der Waals surface area contributed by atoms with Gasteiger partial charge >= 0.3 is 5.97 Å². The number of benzene rings is 1. The van der Waals surface area contributed by atoms with E-state index in [0.717, 1.165) is 24.4 Å². The quantitative estimate of drug-likeness (QED) is 0.376. The molecule has 1 aromatic carbocycles. The van der Waals surface area contributed by atoms with Crippen LogP contribution in [0.15, 0.2) is 41.2 Å². The molecule has 3 heterocycles. The van der Waals surface area contributed by atoms with Crippen LogP contribution in [0.2, 0.25) is 0 Å². The van der Waals surface area contributed by atoms with Crippen LogP contribution in [-0.2, 0) is 24.1 Å². The minimum Gasteiger partial charge on any atom is -0.492 e. The lowest BCUT2D eigenvalue weighted by Gasteiger charge is -2.18. The zero-order valence-corrected chi connectivity index (χ0v) is 20.0. The van der Waals surface area contributed by atoms with Crippen LogP contribution in [0, 0.1) is 6.92 Å². The molecule has 3 aromatic rings. The number of hydrogen-bond acceptors (Lipinski definition) is 8. The summed E-state index contributed by atoms with van der Waals surface area (Å²) in [6, 6.07) is 11.4. The summed E-state index contributed by atoms with van der Waals surface area (Å²) in [6.07, 6.45) is 1.87. The maximum atomic E-state index is 13.0. The summed E-state index contributed by atoms with van der Waals surface area (Å²) in [5, 5.41) is 3.91. The molecule has 4 rings (SSSR count). The van der Waals surface area contributed by atoms with Crippen molar-refractivity contribution >= 4 is 23.4 Å². The number of aromatic nitrogens is 3. The minimum absolute atomic E-state index is 0.176. The maximum absolute atomic E-state index is 13.0. The van der Waals surface area contributed by atoms with Crippen LogP contribution in [-0.4, -0.2) is 57.7 Å². The second kappa shape index (κ2) is 10.6. The van der Waals surface area contributed by atoms with Gasteiger partial charge in [0.05, 0.1) is 19.4 Å². The zero-order chi connectivity index (χ0) is 24.1. The van der Waals surface area contributed by atoms with Gasteiger partial charge in [0.1, 0.15) is 16.2 Å². The normalized spacial score (nSPS) is 13.2. The topological polar surface area (TPSA) is 104 Å². The van der Waals surface area contributed by atoms with Gasteiger partial charge in [-0.05, 0) is 36.9 Å². The van der Waals surface area contributed by atoms with Gasteiger partial charge in [0.2, 0.25) is 0 Å². The van der Waals surface area contributed by atoms with Gasteiger partial charge in [0.15, 0.2) is 0 Å². The van der Waals surface area contributed by atoms with Crippen LogP contribution in [0.4, 0.5) is 0 Å². The number of aryl methyl sites for hydroxylation is 2. The fourth-order valence-electron chi connectivity index (χ4n) is 4.06. The summed E-state index contributed by atoms with van der Waals surface area (Å²) >= 11 is 1.05. The number of esters is 1. The summed E-state index contributed by atoms with van der Waals surface area (Å²) in [7, 11) is 1.30. The van der Waals surface area contributed by atoms with Crippen LogP contribution in [0.1, 0.15) is 43.4 Å². The van der Waals surface area contributed by atoms with Gasteiger partial charge in [-0.15, -0.1) is 5.10 Å². The second-order valence-corrected chi connectivity index (χ2v) is 8.73. The van der Waals surface area contributed by atoms with Crippen molar-refractivity contribution in [3.05, 3.63) is 74.1 Å². The molecule has 0 N–H and O–H groups in total. The molecule has 0 spiro atoms. The summed E-state index contributed by atoms with van der Waals surface area (Å²) in [6.45, 7) is 3.04. The van der Waals surface area contributed by atoms with E-state index in [9.17, 15) is 14.4 Å². The van der Waals surface area contributed by atoms with Gasteiger partial charge < -0.3 is 18.9 Å². The fraction of sp³-hybridized carbons (Fsp3) is 0.375. The molecule has 1 amide bonds. The molecule has 0 unspecified atom stereocenters. The van der Waals surface area contributed by atoms with Crippen LogP contribution in [0.25, 0.3) is 0 Å². The molecular formula is C24H26N4O5S. The van der Waals surface area contributed by atoms with Crippen molar-refractivity contribution in [3.63, 3.8) is 0 Å². The highest BCUT2D eigenvalue weighted by Gasteiger charge is 2.28. The van der Waals surface area contributed by atoms with Gasteiger partial charge in [0.25, 0.3) is 11.5 Å². The van der Waals surface area contributed by atoms with Crippen molar-refractivity contribution in [2.45, 2.75) is 32.7 Å². The number of carbonyl (C=O) groups is 2. The Kier molecular flexibility index (Phi) is 7.36. The lowest BCUT2D eigenvalue weighted by atomic mass is 10.1. The van der Waals surface area contributed by atoms with Gasteiger partial charge in [-0.25, -0.2) is 4.79 Å². The minimum atomic E-state index is -0.566. The number of hydrogen-bond donors (Lipinski definition) is 0. The van der Waals surface area contributed by atoms with Crippen LogP contribution >= 0.6 is 11.5 Å². The first-order valence-electron chi connectivity index (χ1n) is 11.1. The first-order chi connectivity index (χ1) is 16.5. The molecular weight excluding hydrogens is 456 g/mol. The maximum Gasteiger partial charge on any atom is 0.343 e. The average Bonchev–Trinajstić information content (AvgIpc) is 3.15. The Morgan fingerprint density at radius 1 is 1.15 bits per heavy atom. The SMILES string of the molecule is COC(=O)c1c(OCCCc2ccccc2)cc(=O)n2c1CCN(C(=O)c1snnc1C)CC2. The van der Waals surface area contributed by atoms with Gasteiger partial charge in [-0.3, -0.25) is 9.59 Å². The molecule has 34 heavy (non-hydrogen) atoms. The molecule has 1 aliphatic heterocycles. The standard InChI is InChI=1S/C24H26N4O5S/c1-16-22(34-26-25-16)23(30)27-11-10-18-21(24(31)32-2)19(15-20(29)28(18)13-12-27)33-14-6-9-17-7-4-3-5-8-17/h3-5,7-8,15H,6,9-14H2,1-2H3. The van der Waals surface area contributed by atoms with Crippen molar-refractivity contribution in [3.8, 4) is 5.75 Å². The Labute approximate surface area is 201 Å². The number of amides is 1. The van der Waals surface area contributed by atoms with E-state index >= 15 is 0 Å². The molecule has 0 radical (unpaired) electrons. The lowest BCUT2D eigenvalue weighted by Crippen LogP contribution is -2.34. The highest BCUT2D eigenvalue weighted by atomic mass is 32.1. The smallest absolute Gasteiger partial charge is 0.343 e. The summed E-state index contributed by atoms with van der Waals surface area (Å²) < 4.78 is 16.3. The largest absolute Gasteiger partial charge is 0.492 e. The molecule has 0 saturated heterocycles. The molecule has 0 bridgehead atoms. The Morgan fingerprint density at radius 3 is 2.65 bits per heavy atom. The van der Waals surface area contributed by atoms with E-state index in [4.69, 9.17) is 9.47 Å². The molecule has 0 saturated carbocycles. The number of rotatable bonds is 7. The predicted octanol–water partition coefficient (Wildman–Crippen LogP) is 2.50. The number of pyridine rings is 1. The van der Waals surface area contributed by atoms with E-state index in [0.29, 0.717) is 42.4 Å². The van der Waals surface area contributed by atoms with Gasteiger partial charge in [-0.1, -0.05) is 34.8 Å². The average molecular weight is 483 g/mol. The first-order valence-corrected chi connectivity index (χ1v) is 11.9. The summed E-state index contributed by atoms with van der Waals surface area (Å²) in [5.41, 5.74) is 2.26. The number of nitrogens with zero attached hydrogens (tertiary/aromatic N) is 4. The van der Waals surface area contributed by atoms with Gasteiger partial charge in [-0.2, -0.15) is 0 Å². The number of ether oxygens (including phenoxy) is 2. The Bertz CT molecular complexity index is 1240. The molecule has 0 aliphatic carbocycles. The molecule has 0 atom stereocenters. The fourth-order valence-corrected chi connectivity index (χ4v) is 4.69. The first kappa shape index (κ1) is 23.6. The third-order valence-corrected chi connectivity index (χ3v) is 6.64. The van der Waals surface area contributed by atoms with Crippen molar-refractivity contribution in [2.75, 3.05) is 26.8 Å². The van der Waals surface area contributed by atoms with E-state index in [1.807, 2.05) is 30.3 Å². The van der Waals surface area contributed by atoms with E-state index in [1.54, 1.807) is 11.8 Å². The highest BCUT2D eigenvalue weighted by molar-refractivity contribution is 7.07. The van der Waals surface area contributed by atoms with E-state index < -0.39 is 5.97 Å². The molecule has 9 nitrogen and oxygen atoms in total. The third-order valence-electron chi connectivity index (χ3n) is 5.83. The second-order valence-electron chi connectivity index (χ2n) is 7.98. The van der Waals surface area contributed by atoms with Gasteiger partial charge in [0, 0.05) is 37.8 Å². The molecule has 1 aliphatic rings. The molecule has 178 valence electrons. The Morgan fingerprint density at radius 2 is 1.94 bits per heavy atom. The number of fused-ring (bicyclic) bond motifs is 1. The Balaban J connectivity index is 1.54. The van der Waals surface area contributed by atoms with E-state index in [-0.39, 0.29) is 29.3 Å². The number of methoxy groups -OCH3 is 1. The van der Waals surface area contributed by atoms with E-state index in [2.05, 4.69) is 9.59 Å². The lowest BCUT2D eigenvalue weighted by molar-refractivity contribution is 0.0593. The zero-order valence-electron chi connectivity index (χ0n) is 19.2. The van der Waals surface area contributed by atoms with Crippen molar-refractivity contribution in [1.82, 2.24) is 19.1 Å².